The molecule has 0 unspecified atom stereocenters. The van der Waals surface area contributed by atoms with Crippen LogP contribution < -0.4 is 11.1 Å². The molecular formula is C14H15N3O. The van der Waals surface area contributed by atoms with Gasteiger partial charge in [0.1, 0.15) is 5.82 Å². The molecule has 2 aromatic rings. The molecule has 0 spiro atoms. The van der Waals surface area contributed by atoms with Crippen molar-refractivity contribution < 1.29 is 4.79 Å². The van der Waals surface area contributed by atoms with Gasteiger partial charge in [-0.2, -0.15) is 0 Å². The van der Waals surface area contributed by atoms with E-state index in [0.29, 0.717) is 5.56 Å². The number of benzene rings is 1. The molecule has 4 nitrogen and oxygen atoms in total. The van der Waals surface area contributed by atoms with Gasteiger partial charge in [0.2, 0.25) is 0 Å². The Balaban J connectivity index is 2.22. The zero-order valence-corrected chi connectivity index (χ0v) is 10.4. The van der Waals surface area contributed by atoms with Gasteiger partial charge < -0.3 is 11.1 Å². The molecule has 0 saturated heterocycles. The molecule has 0 aliphatic rings. The first-order chi connectivity index (χ1) is 8.58. The van der Waals surface area contributed by atoms with Gasteiger partial charge in [0, 0.05) is 11.9 Å². The lowest BCUT2D eigenvalue weighted by molar-refractivity contribution is 0.102. The number of nitrogens with two attached hydrogens (primary N) is 1. The van der Waals surface area contributed by atoms with Gasteiger partial charge in [-0.1, -0.05) is 6.07 Å². The van der Waals surface area contributed by atoms with Gasteiger partial charge in [-0.15, -0.1) is 0 Å². The van der Waals surface area contributed by atoms with Crippen molar-refractivity contribution in [3.8, 4) is 0 Å². The molecule has 0 atom stereocenters. The van der Waals surface area contributed by atoms with E-state index in [1.807, 2.05) is 32.0 Å². The van der Waals surface area contributed by atoms with Gasteiger partial charge in [0.25, 0.3) is 5.91 Å². The van der Waals surface area contributed by atoms with Crippen LogP contribution in [0.4, 0.5) is 11.5 Å². The first-order valence-corrected chi connectivity index (χ1v) is 5.67. The van der Waals surface area contributed by atoms with E-state index < -0.39 is 0 Å². The number of rotatable bonds is 2. The van der Waals surface area contributed by atoms with Gasteiger partial charge in [-0.25, -0.2) is 4.98 Å². The molecule has 2 rings (SSSR count). The van der Waals surface area contributed by atoms with E-state index in [1.54, 1.807) is 18.3 Å². The zero-order chi connectivity index (χ0) is 13.1. The number of carbonyl (C=O) groups excluding carboxylic acids is 1. The summed E-state index contributed by atoms with van der Waals surface area (Å²) in [5, 5.41) is 2.81. The Kier molecular flexibility index (Phi) is 3.28. The van der Waals surface area contributed by atoms with Crippen LogP contribution in [0.3, 0.4) is 0 Å². The van der Waals surface area contributed by atoms with Crippen molar-refractivity contribution in [2.45, 2.75) is 13.8 Å². The Morgan fingerprint density at radius 3 is 2.67 bits per heavy atom. The van der Waals surface area contributed by atoms with Crippen LogP contribution >= 0.6 is 0 Å². The maximum atomic E-state index is 12.0. The summed E-state index contributed by atoms with van der Waals surface area (Å²) in [6.45, 7) is 4.03. The van der Waals surface area contributed by atoms with Crippen LogP contribution in [0.5, 0.6) is 0 Å². The summed E-state index contributed by atoms with van der Waals surface area (Å²) in [5.74, 6) is -0.0114. The minimum Gasteiger partial charge on any atom is -0.383 e. The van der Waals surface area contributed by atoms with E-state index in [2.05, 4.69) is 10.3 Å². The minimum atomic E-state index is -0.246. The SMILES string of the molecule is Cc1ccc(NC(=O)c2cccnc2N)cc1C. The van der Waals surface area contributed by atoms with Crippen LogP contribution in [0.1, 0.15) is 21.5 Å². The summed E-state index contributed by atoms with van der Waals surface area (Å²) in [7, 11) is 0. The van der Waals surface area contributed by atoms with Crippen LogP contribution in [-0.2, 0) is 0 Å². The summed E-state index contributed by atoms with van der Waals surface area (Å²) in [6, 6.07) is 9.11. The minimum absolute atomic E-state index is 0.235. The smallest absolute Gasteiger partial charge is 0.259 e. The molecule has 1 aromatic heterocycles. The number of nitrogens with one attached hydrogen (secondary N) is 1. The lowest BCUT2D eigenvalue weighted by atomic mass is 10.1. The normalized spacial score (nSPS) is 10.1. The standard InChI is InChI=1S/C14H15N3O/c1-9-5-6-11(8-10(9)2)17-14(18)12-4-3-7-16-13(12)15/h3-8H,1-2H3,(H2,15,16)(H,17,18). The van der Waals surface area contributed by atoms with Crippen molar-refractivity contribution in [1.82, 2.24) is 4.98 Å². The highest BCUT2D eigenvalue weighted by atomic mass is 16.1. The van der Waals surface area contributed by atoms with Crippen LogP contribution in [0.2, 0.25) is 0 Å². The highest BCUT2D eigenvalue weighted by molar-refractivity contribution is 6.07. The van der Waals surface area contributed by atoms with E-state index in [4.69, 9.17) is 5.73 Å². The number of aromatic nitrogens is 1. The maximum Gasteiger partial charge on any atom is 0.259 e. The fraction of sp³-hybridized carbons (Fsp3) is 0.143. The number of pyridine rings is 1. The number of anilines is 2. The molecule has 1 aromatic carbocycles. The number of amides is 1. The summed E-state index contributed by atoms with van der Waals surface area (Å²) < 4.78 is 0. The number of aryl methyl sites for hydroxylation is 2. The molecular weight excluding hydrogens is 226 g/mol. The van der Waals surface area contributed by atoms with Crippen LogP contribution in [0.15, 0.2) is 36.5 Å². The molecule has 18 heavy (non-hydrogen) atoms. The third-order valence-corrected chi connectivity index (χ3v) is 2.85. The summed E-state index contributed by atoms with van der Waals surface area (Å²) in [5.41, 5.74) is 9.12. The van der Waals surface area contributed by atoms with Crippen molar-refractivity contribution in [2.75, 3.05) is 11.1 Å². The Bertz CT molecular complexity index is 593. The Labute approximate surface area is 106 Å². The molecule has 0 saturated carbocycles. The maximum absolute atomic E-state index is 12.0. The molecule has 0 fully saturated rings. The Morgan fingerprint density at radius 2 is 2.00 bits per heavy atom. The number of nitrogen functional groups attached to an aromatic ring is 1. The van der Waals surface area contributed by atoms with Crippen molar-refractivity contribution in [2.24, 2.45) is 0 Å². The van der Waals surface area contributed by atoms with Gasteiger partial charge >= 0.3 is 0 Å². The number of carbonyl (C=O) groups is 1. The summed E-state index contributed by atoms with van der Waals surface area (Å²) in [4.78, 5) is 15.9. The third-order valence-electron chi connectivity index (χ3n) is 2.85. The largest absolute Gasteiger partial charge is 0.383 e. The van der Waals surface area contributed by atoms with Crippen LogP contribution in [0.25, 0.3) is 0 Å². The van der Waals surface area contributed by atoms with Gasteiger partial charge in [0.15, 0.2) is 0 Å². The molecule has 1 amide bonds. The predicted octanol–water partition coefficient (Wildman–Crippen LogP) is 2.53. The van der Waals surface area contributed by atoms with Gasteiger partial charge in [0.05, 0.1) is 5.56 Å². The third kappa shape index (κ3) is 2.48. The highest BCUT2D eigenvalue weighted by Gasteiger charge is 2.10. The summed E-state index contributed by atoms with van der Waals surface area (Å²) >= 11 is 0. The van der Waals surface area contributed by atoms with E-state index >= 15 is 0 Å². The van der Waals surface area contributed by atoms with Crippen molar-refractivity contribution in [1.29, 1.82) is 0 Å². The van der Waals surface area contributed by atoms with Crippen LogP contribution in [-0.4, -0.2) is 10.9 Å². The first kappa shape index (κ1) is 12.1. The van der Waals surface area contributed by atoms with Crippen LogP contribution in [0, 0.1) is 13.8 Å². The Morgan fingerprint density at radius 1 is 1.22 bits per heavy atom. The van der Waals surface area contributed by atoms with E-state index in [9.17, 15) is 4.79 Å². The second-order valence-electron chi connectivity index (χ2n) is 4.19. The Hall–Kier alpha value is -2.36. The van der Waals surface area contributed by atoms with Gasteiger partial charge in [-0.3, -0.25) is 4.79 Å². The van der Waals surface area contributed by atoms with E-state index in [1.165, 1.54) is 5.56 Å². The average Bonchev–Trinajstić information content (AvgIpc) is 2.34. The molecule has 0 aliphatic carbocycles. The summed E-state index contributed by atoms with van der Waals surface area (Å²) in [6.07, 6.45) is 1.56. The lowest BCUT2D eigenvalue weighted by Crippen LogP contribution is -2.14. The molecule has 1 heterocycles. The average molecular weight is 241 g/mol. The van der Waals surface area contributed by atoms with Crippen molar-refractivity contribution in [3.63, 3.8) is 0 Å². The molecule has 0 bridgehead atoms. The second-order valence-corrected chi connectivity index (χ2v) is 4.19. The zero-order valence-electron chi connectivity index (χ0n) is 10.4. The number of hydrogen-bond acceptors (Lipinski definition) is 3. The van der Waals surface area contributed by atoms with Crippen molar-refractivity contribution >= 4 is 17.4 Å². The van der Waals surface area contributed by atoms with Gasteiger partial charge in [-0.05, 0) is 49.2 Å². The van der Waals surface area contributed by atoms with E-state index in [-0.39, 0.29) is 11.7 Å². The molecule has 4 heteroatoms. The first-order valence-electron chi connectivity index (χ1n) is 5.67. The monoisotopic (exact) mass is 241 g/mol. The predicted molar refractivity (Wildman–Crippen MR) is 72.5 cm³/mol. The van der Waals surface area contributed by atoms with Crippen molar-refractivity contribution in [3.05, 3.63) is 53.2 Å². The topological polar surface area (TPSA) is 68.0 Å². The second kappa shape index (κ2) is 4.87. The molecule has 0 aliphatic heterocycles. The molecule has 0 radical (unpaired) electrons. The lowest BCUT2D eigenvalue weighted by Gasteiger charge is -2.08. The quantitative estimate of drug-likeness (QED) is 0.849. The fourth-order valence-corrected chi connectivity index (χ4v) is 1.63. The fourth-order valence-electron chi connectivity index (χ4n) is 1.63. The number of hydrogen-bond donors (Lipinski definition) is 2. The molecule has 3 N–H and O–H groups in total. The highest BCUT2D eigenvalue weighted by Crippen LogP contribution is 2.16. The number of nitrogens with zero attached hydrogens (tertiary/aromatic N) is 1. The van der Waals surface area contributed by atoms with E-state index in [0.717, 1.165) is 11.3 Å². The molecule has 92 valence electrons.